The lowest BCUT2D eigenvalue weighted by atomic mass is 9.82. The first-order valence-corrected chi connectivity index (χ1v) is 12.7. The lowest BCUT2D eigenvalue weighted by Gasteiger charge is -2.28. The summed E-state index contributed by atoms with van der Waals surface area (Å²) in [5.74, 6) is 0.397. The fourth-order valence-corrected chi connectivity index (χ4v) is 4.71. The van der Waals surface area contributed by atoms with Gasteiger partial charge < -0.3 is 20.5 Å². The summed E-state index contributed by atoms with van der Waals surface area (Å²) < 4.78 is 20.5. The van der Waals surface area contributed by atoms with E-state index in [4.69, 9.17) is 9.84 Å². The van der Waals surface area contributed by atoms with Gasteiger partial charge in [-0.25, -0.2) is 14.4 Å². The number of carbonyl (C=O) groups is 2. The zero-order valence-corrected chi connectivity index (χ0v) is 21.6. The van der Waals surface area contributed by atoms with Crippen molar-refractivity contribution in [2.45, 2.75) is 45.7 Å². The number of aromatic nitrogens is 4. The minimum atomic E-state index is -0.473. The molecule has 0 radical (unpaired) electrons. The predicted octanol–water partition coefficient (Wildman–Crippen LogP) is 2.64. The molecule has 0 bridgehead atoms. The molecule has 2 heterocycles. The largest absolute Gasteiger partial charge is 0.494 e. The molecule has 10 nitrogen and oxygen atoms in total. The zero-order valence-electron chi connectivity index (χ0n) is 21.6. The fraction of sp³-hybridized carbons (Fsp3) is 0.444. The number of rotatable bonds is 10. The average Bonchev–Trinajstić information content (AvgIpc) is 3.40. The third-order valence-electron chi connectivity index (χ3n) is 6.79. The van der Waals surface area contributed by atoms with Crippen molar-refractivity contribution in [2.24, 2.45) is 11.8 Å². The number of halogens is 1. The second-order valence-corrected chi connectivity index (χ2v) is 9.67. The van der Waals surface area contributed by atoms with Crippen LogP contribution in [0.2, 0.25) is 0 Å². The molecule has 202 valence electrons. The summed E-state index contributed by atoms with van der Waals surface area (Å²) in [5, 5.41) is 19.0. The van der Waals surface area contributed by atoms with Crippen molar-refractivity contribution in [3.63, 3.8) is 0 Å². The molecule has 0 unspecified atom stereocenters. The van der Waals surface area contributed by atoms with Gasteiger partial charge in [-0.2, -0.15) is 5.10 Å². The second kappa shape index (κ2) is 12.6. The van der Waals surface area contributed by atoms with Gasteiger partial charge in [0.2, 0.25) is 5.91 Å². The van der Waals surface area contributed by atoms with Crippen molar-refractivity contribution < 1.29 is 23.8 Å². The molecule has 1 fully saturated rings. The molecule has 3 N–H and O–H groups in total. The third kappa shape index (κ3) is 7.12. The standard InChI is InChI=1S/C27H33FN6O4/c1-17-9-21(11-23(32-17)27(37)30-13-20-7-8-22(28)24(10-20)38-2)26-31-16-34(33-26)14-19-5-3-18(4-6-19)12-29-25(36)15-35/h7-11,16,18-19,35H,3-6,12-15H2,1-2H3,(H,29,36)(H,30,37). The number of aliphatic hydroxyl groups is 1. The molecule has 1 aliphatic rings. The monoisotopic (exact) mass is 524 g/mol. The number of nitrogens with zero attached hydrogens (tertiary/aromatic N) is 4. The van der Waals surface area contributed by atoms with Crippen LogP contribution in [0.5, 0.6) is 5.75 Å². The van der Waals surface area contributed by atoms with Gasteiger partial charge in [-0.05, 0) is 74.3 Å². The number of aryl methyl sites for hydroxylation is 1. The van der Waals surface area contributed by atoms with Gasteiger partial charge in [0.1, 0.15) is 18.6 Å². The van der Waals surface area contributed by atoms with E-state index in [2.05, 4.69) is 25.7 Å². The molecule has 1 saturated carbocycles. The Bertz CT molecular complexity index is 1270. The zero-order chi connectivity index (χ0) is 27.1. The Morgan fingerprint density at radius 2 is 1.89 bits per heavy atom. The Morgan fingerprint density at radius 3 is 2.63 bits per heavy atom. The van der Waals surface area contributed by atoms with E-state index in [1.165, 1.54) is 13.2 Å². The molecule has 3 aromatic rings. The molecule has 2 amide bonds. The summed E-state index contributed by atoms with van der Waals surface area (Å²) in [7, 11) is 1.39. The first-order valence-electron chi connectivity index (χ1n) is 12.7. The van der Waals surface area contributed by atoms with Crippen LogP contribution < -0.4 is 15.4 Å². The van der Waals surface area contributed by atoms with Crippen LogP contribution in [-0.4, -0.2) is 56.9 Å². The lowest BCUT2D eigenvalue weighted by Crippen LogP contribution is -2.33. The summed E-state index contributed by atoms with van der Waals surface area (Å²) >= 11 is 0. The van der Waals surface area contributed by atoms with Crippen molar-refractivity contribution in [3.8, 4) is 17.1 Å². The number of nitrogens with one attached hydrogen (secondary N) is 2. The minimum Gasteiger partial charge on any atom is -0.494 e. The number of aliphatic hydroxyl groups excluding tert-OH is 1. The van der Waals surface area contributed by atoms with Gasteiger partial charge in [-0.15, -0.1) is 0 Å². The van der Waals surface area contributed by atoms with Crippen LogP contribution in [-0.2, 0) is 17.9 Å². The summed E-state index contributed by atoms with van der Waals surface area (Å²) in [6.45, 7) is 2.89. The van der Waals surface area contributed by atoms with Gasteiger partial charge in [-0.1, -0.05) is 6.07 Å². The van der Waals surface area contributed by atoms with E-state index in [-0.39, 0.29) is 29.8 Å². The van der Waals surface area contributed by atoms with E-state index in [1.807, 2.05) is 17.7 Å². The molecule has 0 atom stereocenters. The molecule has 1 aromatic carbocycles. The molecule has 0 saturated heterocycles. The molecule has 2 aromatic heterocycles. The van der Waals surface area contributed by atoms with Gasteiger partial charge in [0, 0.05) is 30.9 Å². The second-order valence-electron chi connectivity index (χ2n) is 9.67. The Kier molecular flexibility index (Phi) is 9.01. The molecule has 38 heavy (non-hydrogen) atoms. The highest BCUT2D eigenvalue weighted by Gasteiger charge is 2.22. The molecule has 4 rings (SSSR count). The average molecular weight is 525 g/mol. The van der Waals surface area contributed by atoms with Crippen LogP contribution in [0.4, 0.5) is 4.39 Å². The van der Waals surface area contributed by atoms with E-state index in [0.717, 1.165) is 32.2 Å². The molecular weight excluding hydrogens is 491 g/mol. The number of hydrogen-bond donors (Lipinski definition) is 3. The summed E-state index contributed by atoms with van der Waals surface area (Å²) in [6, 6.07) is 7.94. The fourth-order valence-electron chi connectivity index (χ4n) is 4.71. The highest BCUT2D eigenvalue weighted by atomic mass is 19.1. The number of pyridine rings is 1. The summed E-state index contributed by atoms with van der Waals surface area (Å²) in [4.78, 5) is 32.9. The van der Waals surface area contributed by atoms with Crippen LogP contribution in [0, 0.1) is 24.6 Å². The molecule has 0 spiro atoms. The van der Waals surface area contributed by atoms with Crippen molar-refractivity contribution in [3.05, 3.63) is 59.4 Å². The van der Waals surface area contributed by atoms with Gasteiger partial charge in [0.25, 0.3) is 5.91 Å². The first-order chi connectivity index (χ1) is 18.3. The van der Waals surface area contributed by atoms with Crippen molar-refractivity contribution in [1.82, 2.24) is 30.4 Å². The van der Waals surface area contributed by atoms with E-state index in [0.29, 0.717) is 41.0 Å². The summed E-state index contributed by atoms with van der Waals surface area (Å²) in [5.41, 5.74) is 2.32. The van der Waals surface area contributed by atoms with Crippen molar-refractivity contribution >= 4 is 11.8 Å². The normalized spacial score (nSPS) is 17.2. The maximum atomic E-state index is 13.6. The molecule has 11 heteroatoms. The van der Waals surface area contributed by atoms with E-state index in [9.17, 15) is 14.0 Å². The van der Waals surface area contributed by atoms with E-state index >= 15 is 0 Å². The Balaban J connectivity index is 1.34. The number of amides is 2. The number of benzene rings is 1. The van der Waals surface area contributed by atoms with E-state index in [1.54, 1.807) is 24.5 Å². The third-order valence-corrected chi connectivity index (χ3v) is 6.79. The van der Waals surface area contributed by atoms with Gasteiger partial charge in [0.15, 0.2) is 17.4 Å². The highest BCUT2D eigenvalue weighted by molar-refractivity contribution is 5.93. The van der Waals surface area contributed by atoms with Crippen LogP contribution >= 0.6 is 0 Å². The minimum absolute atomic E-state index is 0.119. The van der Waals surface area contributed by atoms with Crippen LogP contribution in [0.15, 0.2) is 36.7 Å². The van der Waals surface area contributed by atoms with Crippen LogP contribution in [0.3, 0.4) is 0 Å². The predicted molar refractivity (Wildman–Crippen MR) is 138 cm³/mol. The van der Waals surface area contributed by atoms with Crippen LogP contribution in [0.1, 0.15) is 47.4 Å². The lowest BCUT2D eigenvalue weighted by molar-refractivity contribution is -0.124. The van der Waals surface area contributed by atoms with E-state index < -0.39 is 12.4 Å². The maximum Gasteiger partial charge on any atom is 0.270 e. The number of methoxy groups -OCH3 is 1. The quantitative estimate of drug-likeness (QED) is 0.372. The Labute approximate surface area is 220 Å². The number of hydrogen-bond acceptors (Lipinski definition) is 7. The topological polar surface area (TPSA) is 131 Å². The Hall–Kier alpha value is -3.86. The van der Waals surface area contributed by atoms with Crippen molar-refractivity contribution in [1.29, 1.82) is 0 Å². The number of ether oxygens (including phenoxy) is 1. The Morgan fingerprint density at radius 1 is 1.13 bits per heavy atom. The van der Waals surface area contributed by atoms with Crippen molar-refractivity contribution in [2.75, 3.05) is 20.3 Å². The molecule has 0 aliphatic heterocycles. The summed E-state index contributed by atoms with van der Waals surface area (Å²) in [6.07, 6.45) is 5.82. The molecular formula is C27H33FN6O4. The molecule has 1 aliphatic carbocycles. The van der Waals surface area contributed by atoms with Crippen LogP contribution in [0.25, 0.3) is 11.4 Å². The smallest absolute Gasteiger partial charge is 0.270 e. The first kappa shape index (κ1) is 27.2. The van der Waals surface area contributed by atoms with Gasteiger partial charge in [0.05, 0.1) is 7.11 Å². The maximum absolute atomic E-state index is 13.6. The van der Waals surface area contributed by atoms with Gasteiger partial charge >= 0.3 is 0 Å². The SMILES string of the molecule is COc1cc(CNC(=O)c2cc(-c3ncn(CC4CCC(CNC(=O)CO)CC4)n3)cc(C)n2)ccc1F. The highest BCUT2D eigenvalue weighted by Crippen LogP contribution is 2.29. The van der Waals surface area contributed by atoms with Gasteiger partial charge in [-0.3, -0.25) is 14.3 Å². The number of carbonyl (C=O) groups excluding carboxylic acids is 2.